The van der Waals surface area contributed by atoms with Gasteiger partial charge >= 0.3 is 0 Å². The summed E-state index contributed by atoms with van der Waals surface area (Å²) in [5.74, 6) is 0.231. The minimum absolute atomic E-state index is 0.0910. The Morgan fingerprint density at radius 1 is 0.968 bits per heavy atom. The van der Waals surface area contributed by atoms with Gasteiger partial charge in [0.25, 0.3) is 5.91 Å². The molecule has 154 valence electrons. The quantitative estimate of drug-likeness (QED) is 0.470. The molecule has 0 aliphatic carbocycles. The first kappa shape index (κ1) is 19.2. The maximum Gasteiger partial charge on any atom is 0.296 e. The zero-order valence-corrected chi connectivity index (χ0v) is 17.7. The molecule has 4 aromatic rings. The van der Waals surface area contributed by atoms with Gasteiger partial charge < -0.3 is 4.42 Å². The maximum absolute atomic E-state index is 13.6. The van der Waals surface area contributed by atoms with Gasteiger partial charge in [-0.25, -0.2) is 4.98 Å². The van der Waals surface area contributed by atoms with Crippen LogP contribution in [0.3, 0.4) is 0 Å². The van der Waals surface area contributed by atoms with Gasteiger partial charge in [-0.1, -0.05) is 48.9 Å². The molecule has 0 bridgehead atoms. The molecular formula is C26H22N2O3. The van der Waals surface area contributed by atoms with Gasteiger partial charge in [-0.2, -0.15) is 0 Å². The molecular weight excluding hydrogens is 388 g/mol. The molecule has 1 aliphatic rings. The molecule has 0 N–H and O–H groups in total. The summed E-state index contributed by atoms with van der Waals surface area (Å²) in [5, 5.41) is 0.487. The Morgan fingerprint density at radius 2 is 1.71 bits per heavy atom. The summed E-state index contributed by atoms with van der Waals surface area (Å²) in [6, 6.07) is 16.6. The van der Waals surface area contributed by atoms with E-state index >= 15 is 0 Å². The number of nitrogens with zero attached hydrogens (tertiary/aromatic N) is 2. The molecule has 1 unspecified atom stereocenters. The van der Waals surface area contributed by atoms with E-state index in [1.165, 1.54) is 5.56 Å². The first-order chi connectivity index (χ1) is 15.0. The first-order valence-electron chi connectivity index (χ1n) is 10.4. The van der Waals surface area contributed by atoms with Crippen LogP contribution in [-0.4, -0.2) is 10.9 Å². The highest BCUT2D eigenvalue weighted by atomic mass is 16.3. The van der Waals surface area contributed by atoms with Gasteiger partial charge in [-0.05, 0) is 55.2 Å². The van der Waals surface area contributed by atoms with E-state index in [4.69, 9.17) is 4.42 Å². The largest absolute Gasteiger partial charge is 0.450 e. The van der Waals surface area contributed by atoms with Crippen molar-refractivity contribution in [2.24, 2.45) is 0 Å². The van der Waals surface area contributed by atoms with E-state index in [0.29, 0.717) is 22.4 Å². The van der Waals surface area contributed by atoms with Gasteiger partial charge in [0.1, 0.15) is 11.4 Å². The summed E-state index contributed by atoms with van der Waals surface area (Å²) >= 11 is 0. The zero-order chi connectivity index (χ0) is 21.7. The van der Waals surface area contributed by atoms with E-state index in [0.717, 1.165) is 23.1 Å². The molecule has 2 aromatic heterocycles. The number of amides is 1. The Morgan fingerprint density at radius 3 is 2.39 bits per heavy atom. The first-order valence-corrected chi connectivity index (χ1v) is 10.4. The summed E-state index contributed by atoms with van der Waals surface area (Å²) in [5.41, 5.74) is 4.61. The Labute approximate surface area is 180 Å². The molecule has 0 saturated heterocycles. The lowest BCUT2D eigenvalue weighted by atomic mass is 9.97. The maximum atomic E-state index is 13.6. The lowest BCUT2D eigenvalue weighted by Crippen LogP contribution is -2.30. The number of anilines is 1. The summed E-state index contributed by atoms with van der Waals surface area (Å²) < 4.78 is 6.01. The third kappa shape index (κ3) is 3.05. The number of fused-ring (bicyclic) bond motifs is 2. The van der Waals surface area contributed by atoms with Crippen LogP contribution in [0.2, 0.25) is 0 Å². The summed E-state index contributed by atoms with van der Waals surface area (Å²) in [6.07, 6.45) is 2.63. The molecule has 31 heavy (non-hydrogen) atoms. The molecule has 5 nitrogen and oxygen atoms in total. The van der Waals surface area contributed by atoms with Crippen molar-refractivity contribution >= 4 is 22.7 Å². The molecule has 1 amide bonds. The number of hydrogen-bond acceptors (Lipinski definition) is 4. The summed E-state index contributed by atoms with van der Waals surface area (Å²) in [7, 11) is 0. The van der Waals surface area contributed by atoms with Crippen LogP contribution in [0.25, 0.3) is 11.0 Å². The number of pyridine rings is 1. The molecule has 0 fully saturated rings. The number of carbonyl (C=O) groups excluding carboxylic acids is 1. The normalized spacial score (nSPS) is 15.5. The monoisotopic (exact) mass is 410 g/mol. The minimum atomic E-state index is -0.593. The lowest BCUT2D eigenvalue weighted by molar-refractivity contribution is 0.0970. The van der Waals surface area contributed by atoms with Crippen molar-refractivity contribution in [2.45, 2.75) is 33.2 Å². The number of benzene rings is 2. The molecule has 5 heteroatoms. The van der Waals surface area contributed by atoms with E-state index in [9.17, 15) is 9.59 Å². The fraction of sp³-hybridized carbons (Fsp3) is 0.192. The van der Waals surface area contributed by atoms with Crippen LogP contribution in [-0.2, 0) is 6.42 Å². The number of hydrogen-bond donors (Lipinski definition) is 0. The Balaban J connectivity index is 1.79. The van der Waals surface area contributed by atoms with Gasteiger partial charge in [0.05, 0.1) is 17.0 Å². The van der Waals surface area contributed by atoms with Crippen molar-refractivity contribution in [1.29, 1.82) is 0 Å². The molecule has 0 saturated carbocycles. The summed E-state index contributed by atoms with van der Waals surface area (Å²) in [4.78, 5) is 33.2. The fourth-order valence-corrected chi connectivity index (χ4v) is 4.18. The fourth-order valence-electron chi connectivity index (χ4n) is 4.18. The Bertz CT molecular complexity index is 1370. The average molecular weight is 410 g/mol. The van der Waals surface area contributed by atoms with Crippen molar-refractivity contribution in [3.63, 3.8) is 0 Å². The second kappa shape index (κ2) is 7.20. The van der Waals surface area contributed by atoms with Crippen molar-refractivity contribution in [3.8, 4) is 0 Å². The van der Waals surface area contributed by atoms with E-state index in [1.807, 2.05) is 56.3 Å². The smallest absolute Gasteiger partial charge is 0.296 e. The van der Waals surface area contributed by atoms with E-state index in [-0.39, 0.29) is 17.1 Å². The SMILES string of the molecule is CCc1ccc(C2c3c(oc4ccc(C)cc4c3=O)C(=O)N2c2ccc(C)cn2)cc1. The van der Waals surface area contributed by atoms with Crippen molar-refractivity contribution < 1.29 is 9.21 Å². The minimum Gasteiger partial charge on any atom is -0.450 e. The molecule has 1 atom stereocenters. The Hall–Kier alpha value is -3.73. The molecule has 0 spiro atoms. The van der Waals surface area contributed by atoms with Crippen molar-refractivity contribution in [3.05, 3.63) is 105 Å². The van der Waals surface area contributed by atoms with E-state index in [1.54, 1.807) is 23.2 Å². The highest BCUT2D eigenvalue weighted by molar-refractivity contribution is 6.10. The zero-order valence-electron chi connectivity index (χ0n) is 17.7. The lowest BCUT2D eigenvalue weighted by Gasteiger charge is -2.24. The van der Waals surface area contributed by atoms with E-state index < -0.39 is 6.04 Å². The Kier molecular flexibility index (Phi) is 4.47. The van der Waals surface area contributed by atoms with Crippen molar-refractivity contribution in [1.82, 2.24) is 4.98 Å². The second-order valence-electron chi connectivity index (χ2n) is 8.04. The average Bonchev–Trinajstić information content (AvgIpc) is 3.07. The molecule has 1 aliphatic heterocycles. The van der Waals surface area contributed by atoms with Gasteiger partial charge in [0.15, 0.2) is 5.43 Å². The number of aromatic nitrogens is 1. The van der Waals surface area contributed by atoms with Crippen LogP contribution in [0.1, 0.15) is 51.3 Å². The highest BCUT2D eigenvalue weighted by Gasteiger charge is 2.44. The highest BCUT2D eigenvalue weighted by Crippen LogP contribution is 2.40. The topological polar surface area (TPSA) is 63.4 Å². The van der Waals surface area contributed by atoms with Crippen molar-refractivity contribution in [2.75, 3.05) is 4.90 Å². The van der Waals surface area contributed by atoms with Gasteiger partial charge in [-0.3, -0.25) is 14.5 Å². The number of aryl methyl sites for hydroxylation is 3. The summed E-state index contributed by atoms with van der Waals surface area (Å²) in [6.45, 7) is 5.97. The molecule has 3 heterocycles. The predicted octanol–water partition coefficient (Wildman–Crippen LogP) is 5.12. The molecule has 5 rings (SSSR count). The third-order valence-electron chi connectivity index (χ3n) is 5.87. The molecule has 2 aromatic carbocycles. The predicted molar refractivity (Wildman–Crippen MR) is 121 cm³/mol. The van der Waals surface area contributed by atoms with Crippen LogP contribution >= 0.6 is 0 Å². The van der Waals surface area contributed by atoms with E-state index in [2.05, 4.69) is 11.9 Å². The van der Waals surface area contributed by atoms with Crippen LogP contribution in [0.5, 0.6) is 0 Å². The number of rotatable bonds is 3. The van der Waals surface area contributed by atoms with Crippen LogP contribution in [0.15, 0.2) is 70.0 Å². The third-order valence-corrected chi connectivity index (χ3v) is 5.87. The van der Waals surface area contributed by atoms with Gasteiger partial charge in [0, 0.05) is 6.20 Å². The standard InChI is InChI=1S/C26H22N2O3/c1-4-17-7-9-18(10-8-17)23-22-24(29)19-13-15(2)5-11-20(19)31-25(22)26(30)28(23)21-12-6-16(3)14-27-21/h5-14,23H,4H2,1-3H3. The second-order valence-corrected chi connectivity index (χ2v) is 8.04. The van der Waals surface area contributed by atoms with Crippen LogP contribution in [0, 0.1) is 13.8 Å². The van der Waals surface area contributed by atoms with Gasteiger partial charge in [-0.15, -0.1) is 0 Å². The van der Waals surface area contributed by atoms with Crippen LogP contribution in [0.4, 0.5) is 5.82 Å². The van der Waals surface area contributed by atoms with Gasteiger partial charge in [0.2, 0.25) is 5.76 Å². The number of carbonyl (C=O) groups is 1. The molecule has 0 radical (unpaired) electrons. The van der Waals surface area contributed by atoms with Crippen LogP contribution < -0.4 is 10.3 Å².